The minimum Gasteiger partial charge on any atom is -0.295 e. The topological polar surface area (TPSA) is 73.8 Å². The van der Waals surface area contributed by atoms with Crippen LogP contribution in [-0.4, -0.2) is 66.5 Å². The number of thiazole rings is 1. The maximum absolute atomic E-state index is 12.4. The Bertz CT molecular complexity index is 738. The summed E-state index contributed by atoms with van der Waals surface area (Å²) in [5.74, 6) is 0.318. The van der Waals surface area contributed by atoms with Crippen molar-refractivity contribution in [2.75, 3.05) is 36.8 Å². The van der Waals surface area contributed by atoms with E-state index in [-0.39, 0.29) is 11.7 Å². The Balaban J connectivity index is 1.50. The fraction of sp³-hybridized carbons (Fsp3) is 0.778. The third-order valence-corrected chi connectivity index (χ3v) is 7.96. The lowest BCUT2D eigenvalue weighted by Crippen LogP contribution is -2.48. The molecule has 2 fully saturated rings. The molecule has 1 saturated carbocycles. The first-order valence-electron chi connectivity index (χ1n) is 9.85. The largest absolute Gasteiger partial charge is 0.295 e. The van der Waals surface area contributed by atoms with Gasteiger partial charge in [-0.3, -0.25) is 14.6 Å². The number of carbonyl (C=O) groups is 1. The van der Waals surface area contributed by atoms with Gasteiger partial charge in [-0.25, -0.2) is 13.4 Å². The molecule has 27 heavy (non-hydrogen) atoms. The molecule has 1 aromatic heterocycles. The highest BCUT2D eigenvalue weighted by molar-refractivity contribution is 7.89. The maximum Gasteiger partial charge on any atom is 0.225 e. The van der Waals surface area contributed by atoms with Gasteiger partial charge in [-0.1, -0.05) is 19.8 Å². The molecule has 1 aromatic rings. The van der Waals surface area contributed by atoms with Crippen molar-refractivity contribution in [1.29, 1.82) is 0 Å². The van der Waals surface area contributed by atoms with Gasteiger partial charge in [0.1, 0.15) is 0 Å². The summed E-state index contributed by atoms with van der Waals surface area (Å²) in [6, 6.07) is 0.322. The Morgan fingerprint density at radius 3 is 2.56 bits per heavy atom. The zero-order valence-electron chi connectivity index (χ0n) is 16.3. The molecular formula is C18H30N4O3S2. The van der Waals surface area contributed by atoms with Crippen molar-refractivity contribution in [3.8, 4) is 0 Å². The van der Waals surface area contributed by atoms with Crippen molar-refractivity contribution < 1.29 is 13.2 Å². The van der Waals surface area contributed by atoms with Crippen LogP contribution in [0.25, 0.3) is 0 Å². The highest BCUT2D eigenvalue weighted by Crippen LogP contribution is 2.33. The van der Waals surface area contributed by atoms with Crippen molar-refractivity contribution >= 4 is 32.4 Å². The van der Waals surface area contributed by atoms with Crippen molar-refractivity contribution in [3.63, 3.8) is 0 Å². The molecule has 3 rings (SSSR count). The molecule has 1 saturated heterocycles. The average molecular weight is 415 g/mol. The van der Waals surface area contributed by atoms with Gasteiger partial charge >= 0.3 is 0 Å². The summed E-state index contributed by atoms with van der Waals surface area (Å²) in [7, 11) is -3.12. The van der Waals surface area contributed by atoms with Crippen LogP contribution in [0.1, 0.15) is 51.6 Å². The Kier molecular flexibility index (Phi) is 6.88. The first-order chi connectivity index (χ1) is 12.9. The molecule has 1 aliphatic carbocycles. The average Bonchev–Trinajstić information content (AvgIpc) is 3.34. The molecule has 9 heteroatoms. The number of hydrogen-bond acceptors (Lipinski definition) is 6. The number of piperazine rings is 1. The lowest BCUT2D eigenvalue weighted by Gasteiger charge is -2.33. The fourth-order valence-electron chi connectivity index (χ4n) is 3.42. The minimum absolute atomic E-state index is 0.0558. The number of amides is 1. The van der Waals surface area contributed by atoms with E-state index in [1.807, 2.05) is 10.3 Å². The second-order valence-electron chi connectivity index (χ2n) is 7.44. The fourth-order valence-corrected chi connectivity index (χ4v) is 5.90. The zero-order valence-corrected chi connectivity index (χ0v) is 17.9. The van der Waals surface area contributed by atoms with Crippen LogP contribution in [-0.2, 0) is 21.4 Å². The highest BCUT2D eigenvalue weighted by atomic mass is 32.2. The number of carbonyl (C=O) groups excluding carboxylic acids is 1. The van der Waals surface area contributed by atoms with E-state index in [0.717, 1.165) is 56.0 Å². The normalized spacial score (nSPS) is 19.3. The van der Waals surface area contributed by atoms with Gasteiger partial charge in [-0.2, -0.15) is 4.31 Å². The number of unbranched alkanes of at least 4 members (excludes halogenated alkanes) is 2. The quantitative estimate of drug-likeness (QED) is 0.580. The van der Waals surface area contributed by atoms with Gasteiger partial charge in [0.05, 0.1) is 11.4 Å². The van der Waals surface area contributed by atoms with E-state index in [4.69, 9.17) is 0 Å². The summed E-state index contributed by atoms with van der Waals surface area (Å²) >= 11 is 1.52. The van der Waals surface area contributed by atoms with Crippen LogP contribution in [0.3, 0.4) is 0 Å². The van der Waals surface area contributed by atoms with Crippen molar-refractivity contribution in [2.45, 2.75) is 58.5 Å². The van der Waals surface area contributed by atoms with E-state index < -0.39 is 10.0 Å². The summed E-state index contributed by atoms with van der Waals surface area (Å²) < 4.78 is 26.4. The first kappa shape index (κ1) is 20.7. The van der Waals surface area contributed by atoms with Crippen LogP contribution in [0.5, 0.6) is 0 Å². The van der Waals surface area contributed by atoms with E-state index in [1.54, 1.807) is 11.2 Å². The van der Waals surface area contributed by atoms with E-state index in [1.165, 1.54) is 11.3 Å². The molecule has 7 nitrogen and oxygen atoms in total. The highest BCUT2D eigenvalue weighted by Gasteiger charge is 2.34. The predicted octanol–water partition coefficient (Wildman–Crippen LogP) is 2.30. The van der Waals surface area contributed by atoms with Gasteiger partial charge in [0.25, 0.3) is 0 Å². The molecule has 0 N–H and O–H groups in total. The van der Waals surface area contributed by atoms with Gasteiger partial charge in [0.2, 0.25) is 15.9 Å². The van der Waals surface area contributed by atoms with Gasteiger partial charge in [0.15, 0.2) is 5.13 Å². The Hall–Kier alpha value is -1.03. The Morgan fingerprint density at radius 2 is 1.96 bits per heavy atom. The third-order valence-electron chi connectivity index (χ3n) is 5.11. The van der Waals surface area contributed by atoms with Crippen molar-refractivity contribution in [3.05, 3.63) is 11.1 Å². The molecule has 2 aliphatic rings. The zero-order chi connectivity index (χ0) is 19.4. The molecule has 152 valence electrons. The number of sulfonamides is 1. The molecule has 1 aliphatic heterocycles. The molecule has 0 aromatic carbocycles. The Morgan fingerprint density at radius 1 is 1.26 bits per heavy atom. The molecule has 0 atom stereocenters. The Labute approximate surface area is 166 Å². The first-order valence-corrected chi connectivity index (χ1v) is 12.3. The van der Waals surface area contributed by atoms with Gasteiger partial charge in [-0.15, -0.1) is 11.3 Å². The van der Waals surface area contributed by atoms with Gasteiger partial charge in [0, 0.05) is 51.1 Å². The molecule has 1 amide bonds. The van der Waals surface area contributed by atoms with Gasteiger partial charge < -0.3 is 0 Å². The standard InChI is InChI=1S/C18H30N4O3S2/c1-3-4-5-12-27(24,25)21-10-8-20(9-11-21)13-16-14-26-18(19-16)22(15(2)23)17-6-7-17/h14,17H,3-13H2,1-2H3. The second kappa shape index (κ2) is 8.98. The van der Waals surface area contributed by atoms with Crippen LogP contribution in [0.2, 0.25) is 0 Å². The summed E-state index contributed by atoms with van der Waals surface area (Å²) in [6.07, 6.45) is 4.85. The summed E-state index contributed by atoms with van der Waals surface area (Å²) in [5.41, 5.74) is 0.959. The number of rotatable bonds is 9. The second-order valence-corrected chi connectivity index (χ2v) is 10.4. The number of aromatic nitrogens is 1. The van der Waals surface area contributed by atoms with Crippen LogP contribution in [0.4, 0.5) is 5.13 Å². The maximum atomic E-state index is 12.4. The number of nitrogens with zero attached hydrogens (tertiary/aromatic N) is 4. The minimum atomic E-state index is -3.12. The van der Waals surface area contributed by atoms with Crippen LogP contribution in [0, 0.1) is 0 Å². The van der Waals surface area contributed by atoms with Crippen LogP contribution < -0.4 is 4.90 Å². The lowest BCUT2D eigenvalue weighted by molar-refractivity contribution is -0.116. The van der Waals surface area contributed by atoms with E-state index in [9.17, 15) is 13.2 Å². The predicted molar refractivity (Wildman–Crippen MR) is 108 cm³/mol. The third kappa shape index (κ3) is 5.49. The monoisotopic (exact) mass is 414 g/mol. The number of hydrogen-bond donors (Lipinski definition) is 0. The van der Waals surface area contributed by atoms with Crippen molar-refractivity contribution in [2.24, 2.45) is 0 Å². The van der Waals surface area contributed by atoms with Crippen LogP contribution >= 0.6 is 11.3 Å². The molecular weight excluding hydrogens is 384 g/mol. The molecule has 0 bridgehead atoms. The summed E-state index contributed by atoms with van der Waals surface area (Å²) in [5, 5.41) is 2.80. The molecule has 0 unspecified atom stereocenters. The van der Waals surface area contributed by atoms with E-state index in [2.05, 4.69) is 16.8 Å². The molecule has 0 radical (unpaired) electrons. The van der Waals surface area contributed by atoms with Crippen LogP contribution in [0.15, 0.2) is 5.38 Å². The number of anilines is 1. The molecule has 2 heterocycles. The molecule has 0 spiro atoms. The lowest BCUT2D eigenvalue weighted by atomic mass is 10.3. The van der Waals surface area contributed by atoms with Crippen molar-refractivity contribution in [1.82, 2.24) is 14.2 Å². The summed E-state index contributed by atoms with van der Waals surface area (Å²) in [4.78, 5) is 20.6. The van der Waals surface area contributed by atoms with Gasteiger partial charge in [-0.05, 0) is 19.3 Å². The van der Waals surface area contributed by atoms with E-state index >= 15 is 0 Å². The smallest absolute Gasteiger partial charge is 0.225 e. The summed E-state index contributed by atoms with van der Waals surface area (Å²) in [6.45, 7) is 6.92. The van der Waals surface area contributed by atoms with E-state index in [0.29, 0.717) is 25.7 Å². The SMILES string of the molecule is CCCCCS(=O)(=O)N1CCN(Cc2csc(N(C(C)=O)C3CC3)n2)CC1.